The van der Waals surface area contributed by atoms with Crippen molar-refractivity contribution in [2.45, 2.75) is 25.9 Å². The molecular weight excluding hydrogens is 320 g/mol. The van der Waals surface area contributed by atoms with Crippen molar-refractivity contribution in [1.82, 2.24) is 9.80 Å². The molecule has 0 unspecified atom stereocenters. The van der Waals surface area contributed by atoms with Crippen LogP contribution >= 0.6 is 11.3 Å². The highest BCUT2D eigenvalue weighted by Gasteiger charge is 2.27. The molecule has 2 heterocycles. The summed E-state index contributed by atoms with van der Waals surface area (Å²) in [5, 5.41) is 2.03. The number of carbonyl (C=O) groups is 1. The third-order valence-corrected chi connectivity index (χ3v) is 5.35. The van der Waals surface area contributed by atoms with E-state index in [4.69, 9.17) is 4.74 Å². The average Bonchev–Trinajstić information content (AvgIpc) is 3.08. The molecule has 0 radical (unpaired) electrons. The largest absolute Gasteiger partial charge is 0.497 e. The minimum absolute atomic E-state index is 0.242. The first kappa shape index (κ1) is 17.0. The van der Waals surface area contributed by atoms with E-state index in [9.17, 15) is 4.79 Å². The number of hydrogen-bond acceptors (Lipinski definition) is 4. The molecular formula is C19H24N2O2S. The number of rotatable bonds is 5. The van der Waals surface area contributed by atoms with Crippen molar-refractivity contribution >= 4 is 17.2 Å². The van der Waals surface area contributed by atoms with Crippen LogP contribution in [0.15, 0.2) is 41.8 Å². The lowest BCUT2D eigenvalue weighted by atomic mass is 10.1. The summed E-state index contributed by atoms with van der Waals surface area (Å²) < 4.78 is 5.29. The molecule has 0 aliphatic carbocycles. The Balaban J connectivity index is 1.55. The second-order valence-electron chi connectivity index (χ2n) is 6.28. The number of piperazine rings is 1. The molecule has 1 aromatic heterocycles. The fourth-order valence-electron chi connectivity index (χ4n) is 3.24. The van der Waals surface area contributed by atoms with Crippen LogP contribution in [0, 0.1) is 0 Å². The van der Waals surface area contributed by atoms with E-state index in [-0.39, 0.29) is 11.9 Å². The predicted octanol–water partition coefficient (Wildman–Crippen LogP) is 3.03. The second kappa shape index (κ2) is 7.81. The predicted molar refractivity (Wildman–Crippen MR) is 97.5 cm³/mol. The number of nitrogens with zero attached hydrogens (tertiary/aromatic N) is 2. The fraction of sp³-hybridized carbons (Fsp3) is 0.421. The maximum atomic E-state index is 12.5. The highest BCUT2D eigenvalue weighted by molar-refractivity contribution is 7.10. The van der Waals surface area contributed by atoms with Gasteiger partial charge in [0.15, 0.2) is 0 Å². The summed E-state index contributed by atoms with van der Waals surface area (Å²) in [6, 6.07) is 12.5. The Labute approximate surface area is 147 Å². The van der Waals surface area contributed by atoms with Crippen LogP contribution in [0.4, 0.5) is 0 Å². The maximum Gasteiger partial charge on any atom is 0.228 e. The van der Waals surface area contributed by atoms with Gasteiger partial charge in [0.1, 0.15) is 5.75 Å². The van der Waals surface area contributed by atoms with E-state index < -0.39 is 0 Å². The SMILES string of the molecule is COc1cccc(CN2CCN(C(=O)Cc3cccs3)[C@@H](C)C2)c1. The van der Waals surface area contributed by atoms with E-state index in [2.05, 4.69) is 24.0 Å². The number of thiophene rings is 1. The Morgan fingerprint density at radius 3 is 2.88 bits per heavy atom. The quantitative estimate of drug-likeness (QED) is 0.836. The molecule has 128 valence electrons. The summed E-state index contributed by atoms with van der Waals surface area (Å²) in [6.45, 7) is 5.67. The van der Waals surface area contributed by atoms with Crippen molar-refractivity contribution in [1.29, 1.82) is 0 Å². The van der Waals surface area contributed by atoms with E-state index in [0.29, 0.717) is 6.42 Å². The standard InChI is InChI=1S/C19H24N2O2S/c1-15-13-20(14-16-5-3-6-17(11-16)23-2)8-9-21(15)19(22)12-18-7-4-10-24-18/h3-7,10-11,15H,8-9,12-14H2,1-2H3/t15-/m0/s1. The van der Waals surface area contributed by atoms with Gasteiger partial charge in [-0.05, 0) is 36.1 Å². The third-order valence-electron chi connectivity index (χ3n) is 4.48. The molecule has 1 aliphatic rings. The zero-order chi connectivity index (χ0) is 16.9. The molecule has 4 nitrogen and oxygen atoms in total. The highest BCUT2D eigenvalue weighted by atomic mass is 32.1. The highest BCUT2D eigenvalue weighted by Crippen LogP contribution is 2.18. The molecule has 0 N–H and O–H groups in total. The van der Waals surface area contributed by atoms with Gasteiger partial charge in [0, 0.05) is 37.1 Å². The maximum absolute atomic E-state index is 12.5. The average molecular weight is 344 g/mol. The second-order valence-corrected chi connectivity index (χ2v) is 7.31. The van der Waals surface area contributed by atoms with E-state index in [1.807, 2.05) is 34.5 Å². The Morgan fingerprint density at radius 1 is 1.29 bits per heavy atom. The Bertz CT molecular complexity index is 672. The molecule has 3 rings (SSSR count). The van der Waals surface area contributed by atoms with Gasteiger partial charge in [0.05, 0.1) is 13.5 Å². The number of carbonyl (C=O) groups excluding carboxylic acids is 1. The van der Waals surface area contributed by atoms with Crippen LogP contribution < -0.4 is 4.74 Å². The van der Waals surface area contributed by atoms with E-state index in [1.54, 1.807) is 18.4 Å². The first-order valence-electron chi connectivity index (χ1n) is 8.33. The van der Waals surface area contributed by atoms with Gasteiger partial charge in [-0.3, -0.25) is 9.69 Å². The van der Waals surface area contributed by atoms with Crippen LogP contribution in [-0.4, -0.2) is 48.5 Å². The summed E-state index contributed by atoms with van der Waals surface area (Å²) in [4.78, 5) is 18.1. The zero-order valence-corrected chi connectivity index (χ0v) is 15.1. The third kappa shape index (κ3) is 4.16. The van der Waals surface area contributed by atoms with Gasteiger partial charge in [-0.2, -0.15) is 0 Å². The lowest BCUT2D eigenvalue weighted by molar-refractivity contribution is -0.135. The molecule has 0 bridgehead atoms. The van der Waals surface area contributed by atoms with Gasteiger partial charge in [-0.25, -0.2) is 0 Å². The van der Waals surface area contributed by atoms with Crippen molar-refractivity contribution < 1.29 is 9.53 Å². The molecule has 1 atom stereocenters. The van der Waals surface area contributed by atoms with Crippen molar-refractivity contribution in [3.8, 4) is 5.75 Å². The van der Waals surface area contributed by atoms with Gasteiger partial charge in [0.2, 0.25) is 5.91 Å². The van der Waals surface area contributed by atoms with Crippen LogP contribution in [0.3, 0.4) is 0 Å². The van der Waals surface area contributed by atoms with Crippen LogP contribution in [0.2, 0.25) is 0 Å². The monoisotopic (exact) mass is 344 g/mol. The minimum Gasteiger partial charge on any atom is -0.497 e. The van der Waals surface area contributed by atoms with Crippen molar-refractivity contribution in [2.75, 3.05) is 26.7 Å². The van der Waals surface area contributed by atoms with Gasteiger partial charge in [0.25, 0.3) is 0 Å². The lowest BCUT2D eigenvalue weighted by Crippen LogP contribution is -2.53. The van der Waals surface area contributed by atoms with Crippen LogP contribution in [0.5, 0.6) is 5.75 Å². The first-order valence-corrected chi connectivity index (χ1v) is 9.21. The molecule has 1 saturated heterocycles. The summed E-state index contributed by atoms with van der Waals surface area (Å²) in [6.07, 6.45) is 0.526. The van der Waals surface area contributed by atoms with Gasteiger partial charge in [-0.1, -0.05) is 18.2 Å². The van der Waals surface area contributed by atoms with E-state index in [0.717, 1.165) is 36.8 Å². The molecule has 0 saturated carbocycles. The Hall–Kier alpha value is -1.85. The molecule has 5 heteroatoms. The van der Waals surface area contributed by atoms with Crippen LogP contribution in [0.1, 0.15) is 17.4 Å². The smallest absolute Gasteiger partial charge is 0.228 e. The molecule has 1 aromatic carbocycles. The van der Waals surface area contributed by atoms with Gasteiger partial charge in [-0.15, -0.1) is 11.3 Å². The summed E-state index contributed by atoms with van der Waals surface area (Å²) >= 11 is 1.65. The van der Waals surface area contributed by atoms with Crippen LogP contribution in [0.25, 0.3) is 0 Å². The van der Waals surface area contributed by atoms with Gasteiger partial charge >= 0.3 is 0 Å². The van der Waals surface area contributed by atoms with Crippen molar-refractivity contribution in [3.05, 3.63) is 52.2 Å². The molecule has 0 spiro atoms. The molecule has 24 heavy (non-hydrogen) atoms. The fourth-order valence-corrected chi connectivity index (χ4v) is 3.94. The van der Waals surface area contributed by atoms with Gasteiger partial charge < -0.3 is 9.64 Å². The first-order chi connectivity index (χ1) is 11.7. The normalized spacial score (nSPS) is 18.6. The van der Waals surface area contributed by atoms with Crippen LogP contribution in [-0.2, 0) is 17.8 Å². The number of benzene rings is 1. The van der Waals surface area contributed by atoms with E-state index >= 15 is 0 Å². The van der Waals surface area contributed by atoms with Crippen molar-refractivity contribution in [3.63, 3.8) is 0 Å². The number of amides is 1. The summed E-state index contributed by atoms with van der Waals surface area (Å²) in [5.74, 6) is 1.14. The number of methoxy groups -OCH3 is 1. The zero-order valence-electron chi connectivity index (χ0n) is 14.3. The lowest BCUT2D eigenvalue weighted by Gasteiger charge is -2.40. The minimum atomic E-state index is 0.242. The van der Waals surface area contributed by atoms with Crippen molar-refractivity contribution in [2.24, 2.45) is 0 Å². The summed E-state index contributed by atoms with van der Waals surface area (Å²) in [7, 11) is 1.69. The topological polar surface area (TPSA) is 32.8 Å². The molecule has 1 fully saturated rings. The molecule has 1 amide bonds. The Kier molecular flexibility index (Phi) is 5.53. The number of hydrogen-bond donors (Lipinski definition) is 0. The molecule has 1 aliphatic heterocycles. The Morgan fingerprint density at radius 2 is 2.17 bits per heavy atom. The molecule has 2 aromatic rings. The summed E-state index contributed by atoms with van der Waals surface area (Å²) in [5.41, 5.74) is 1.25. The van der Waals surface area contributed by atoms with E-state index in [1.165, 1.54) is 5.56 Å². The number of ether oxygens (including phenoxy) is 1.